The number of amides is 3. The summed E-state index contributed by atoms with van der Waals surface area (Å²) in [5.41, 5.74) is 2.39. The van der Waals surface area contributed by atoms with Gasteiger partial charge in [0, 0.05) is 12.2 Å². The molecule has 3 amide bonds. The van der Waals surface area contributed by atoms with E-state index in [1.807, 2.05) is 62.4 Å². The van der Waals surface area contributed by atoms with Crippen LogP contribution in [0.1, 0.15) is 56.8 Å². The number of hydrogen-bond donors (Lipinski definition) is 2. The van der Waals surface area contributed by atoms with Gasteiger partial charge in [-0.2, -0.15) is 0 Å². The molecular weight excluding hydrogens is 430 g/mol. The maximum Gasteiger partial charge on any atom is 0.408 e. The highest BCUT2D eigenvalue weighted by atomic mass is 16.6. The average Bonchev–Trinajstić information content (AvgIpc) is 2.77. The standard InChI is InChI=1S/C27H35N3O4/c1-7-16-30(23(31)18-28-26(33)34-27(4,5)6)24(21-14-11-13-20(8-2)17-21)25(32)29-22-15-10-9-12-19(22)3/h8-15,17,24H,2,7,16,18H2,1,3-6H3,(H,28,33)(H,29,32). The number of nitrogens with one attached hydrogen (secondary N) is 2. The van der Waals surface area contributed by atoms with Gasteiger partial charge in [0.25, 0.3) is 5.91 Å². The SMILES string of the molecule is C=Cc1cccc(C(C(=O)Nc2ccccc2C)N(CCC)C(=O)CNC(=O)OC(C)(C)C)c1. The molecule has 0 heterocycles. The first-order chi connectivity index (χ1) is 16.1. The summed E-state index contributed by atoms with van der Waals surface area (Å²) in [6.07, 6.45) is 1.63. The Balaban J connectivity index is 2.37. The zero-order valence-electron chi connectivity index (χ0n) is 20.7. The van der Waals surface area contributed by atoms with E-state index in [4.69, 9.17) is 4.74 Å². The molecule has 0 saturated heterocycles. The molecule has 0 radical (unpaired) electrons. The number of carbonyl (C=O) groups excluding carboxylic acids is 3. The van der Waals surface area contributed by atoms with Crippen LogP contribution in [0.5, 0.6) is 0 Å². The summed E-state index contributed by atoms with van der Waals surface area (Å²) in [4.78, 5) is 40.4. The molecule has 0 bridgehead atoms. The van der Waals surface area contributed by atoms with Gasteiger partial charge >= 0.3 is 6.09 Å². The quantitative estimate of drug-likeness (QED) is 0.541. The molecule has 0 fully saturated rings. The first kappa shape index (κ1) is 26.6. The van der Waals surface area contributed by atoms with Crippen LogP contribution in [0.25, 0.3) is 6.08 Å². The Morgan fingerprint density at radius 2 is 1.82 bits per heavy atom. The van der Waals surface area contributed by atoms with Gasteiger partial charge in [-0.1, -0.05) is 56.0 Å². The lowest BCUT2D eigenvalue weighted by Gasteiger charge is -2.32. The molecule has 34 heavy (non-hydrogen) atoms. The van der Waals surface area contributed by atoms with Crippen molar-refractivity contribution in [3.05, 3.63) is 71.8 Å². The van der Waals surface area contributed by atoms with E-state index < -0.39 is 17.7 Å². The molecular formula is C27H35N3O4. The summed E-state index contributed by atoms with van der Waals surface area (Å²) in [6, 6.07) is 13.9. The van der Waals surface area contributed by atoms with Crippen molar-refractivity contribution in [2.45, 2.75) is 52.7 Å². The molecule has 182 valence electrons. The van der Waals surface area contributed by atoms with Crippen molar-refractivity contribution < 1.29 is 19.1 Å². The third-order valence-corrected chi connectivity index (χ3v) is 4.99. The van der Waals surface area contributed by atoms with E-state index in [-0.39, 0.29) is 18.4 Å². The molecule has 2 aromatic rings. The van der Waals surface area contributed by atoms with Crippen molar-refractivity contribution in [2.24, 2.45) is 0 Å². The van der Waals surface area contributed by atoms with Crippen molar-refractivity contribution >= 4 is 29.7 Å². The van der Waals surface area contributed by atoms with E-state index in [9.17, 15) is 14.4 Å². The predicted molar refractivity (Wildman–Crippen MR) is 135 cm³/mol. The van der Waals surface area contributed by atoms with Crippen molar-refractivity contribution in [1.82, 2.24) is 10.2 Å². The number of ether oxygens (including phenoxy) is 1. The molecule has 0 saturated carbocycles. The van der Waals surface area contributed by atoms with E-state index in [1.54, 1.807) is 26.8 Å². The zero-order chi connectivity index (χ0) is 25.3. The third-order valence-electron chi connectivity index (χ3n) is 4.99. The van der Waals surface area contributed by atoms with Crippen LogP contribution in [-0.2, 0) is 14.3 Å². The Bertz CT molecular complexity index is 1030. The Kier molecular flexibility index (Phi) is 9.42. The molecule has 0 aromatic heterocycles. The minimum atomic E-state index is -0.896. The lowest BCUT2D eigenvalue weighted by molar-refractivity contribution is -0.138. The Labute approximate surface area is 202 Å². The van der Waals surface area contributed by atoms with Crippen molar-refractivity contribution in [3.8, 4) is 0 Å². The molecule has 2 N–H and O–H groups in total. The summed E-state index contributed by atoms with van der Waals surface area (Å²) in [5, 5.41) is 5.47. The van der Waals surface area contributed by atoms with Crippen LogP contribution in [0.2, 0.25) is 0 Å². The second kappa shape index (κ2) is 12.0. The number of rotatable bonds is 9. The molecule has 0 aliphatic heterocycles. The number of benzene rings is 2. The second-order valence-corrected chi connectivity index (χ2v) is 9.02. The maximum absolute atomic E-state index is 13.6. The zero-order valence-corrected chi connectivity index (χ0v) is 20.7. The van der Waals surface area contributed by atoms with Gasteiger partial charge in [0.15, 0.2) is 0 Å². The highest BCUT2D eigenvalue weighted by Gasteiger charge is 2.31. The monoisotopic (exact) mass is 465 g/mol. The molecule has 1 unspecified atom stereocenters. The number of para-hydroxylation sites is 1. The van der Waals surface area contributed by atoms with Crippen LogP contribution in [0.15, 0.2) is 55.1 Å². The predicted octanol–water partition coefficient (Wildman–Crippen LogP) is 5.08. The lowest BCUT2D eigenvalue weighted by Crippen LogP contribution is -2.46. The van der Waals surface area contributed by atoms with Gasteiger partial charge in [-0.05, 0) is 62.9 Å². The van der Waals surface area contributed by atoms with E-state index >= 15 is 0 Å². The van der Waals surface area contributed by atoms with Crippen LogP contribution in [0.3, 0.4) is 0 Å². The summed E-state index contributed by atoms with van der Waals surface area (Å²) in [5.74, 6) is -0.726. The summed E-state index contributed by atoms with van der Waals surface area (Å²) < 4.78 is 5.23. The van der Waals surface area contributed by atoms with Crippen molar-refractivity contribution in [1.29, 1.82) is 0 Å². The molecule has 2 aromatic carbocycles. The molecule has 1 atom stereocenters. The average molecular weight is 466 g/mol. The van der Waals surface area contributed by atoms with Gasteiger partial charge in [-0.15, -0.1) is 0 Å². The number of nitrogens with zero attached hydrogens (tertiary/aromatic N) is 1. The lowest BCUT2D eigenvalue weighted by atomic mass is 10.0. The van der Waals surface area contributed by atoms with E-state index in [0.717, 1.165) is 11.1 Å². The van der Waals surface area contributed by atoms with Gasteiger partial charge in [0.2, 0.25) is 5.91 Å². The van der Waals surface area contributed by atoms with Crippen molar-refractivity contribution in [3.63, 3.8) is 0 Å². The minimum absolute atomic E-state index is 0.287. The van der Waals surface area contributed by atoms with E-state index in [1.165, 1.54) is 4.90 Å². The van der Waals surface area contributed by atoms with Crippen LogP contribution >= 0.6 is 0 Å². The van der Waals surface area contributed by atoms with Gasteiger partial charge in [0.05, 0.1) is 0 Å². The first-order valence-corrected chi connectivity index (χ1v) is 11.4. The number of anilines is 1. The summed E-state index contributed by atoms with van der Waals surface area (Å²) in [7, 11) is 0. The Morgan fingerprint density at radius 1 is 1.12 bits per heavy atom. The minimum Gasteiger partial charge on any atom is -0.444 e. The Morgan fingerprint density at radius 3 is 2.44 bits per heavy atom. The van der Waals surface area contributed by atoms with Crippen LogP contribution in [0, 0.1) is 6.92 Å². The molecule has 0 aliphatic carbocycles. The number of aryl methyl sites for hydroxylation is 1. The van der Waals surface area contributed by atoms with E-state index in [0.29, 0.717) is 24.2 Å². The van der Waals surface area contributed by atoms with Crippen molar-refractivity contribution in [2.75, 3.05) is 18.4 Å². The fraction of sp³-hybridized carbons (Fsp3) is 0.370. The molecule has 2 rings (SSSR count). The van der Waals surface area contributed by atoms with Gasteiger partial charge in [0.1, 0.15) is 18.2 Å². The first-order valence-electron chi connectivity index (χ1n) is 11.4. The smallest absolute Gasteiger partial charge is 0.408 e. The molecule has 0 aliphatic rings. The van der Waals surface area contributed by atoms with E-state index in [2.05, 4.69) is 17.2 Å². The number of carbonyl (C=O) groups is 3. The fourth-order valence-electron chi connectivity index (χ4n) is 3.45. The van der Waals surface area contributed by atoms with Crippen LogP contribution in [-0.4, -0.2) is 41.5 Å². The van der Waals surface area contributed by atoms with Gasteiger partial charge in [-0.25, -0.2) is 4.79 Å². The fourth-order valence-corrected chi connectivity index (χ4v) is 3.45. The van der Waals surface area contributed by atoms with Crippen LogP contribution in [0.4, 0.5) is 10.5 Å². The summed E-state index contributed by atoms with van der Waals surface area (Å²) in [6.45, 7) is 12.9. The number of hydrogen-bond acceptors (Lipinski definition) is 4. The number of alkyl carbamates (subject to hydrolysis) is 1. The van der Waals surface area contributed by atoms with Crippen LogP contribution < -0.4 is 10.6 Å². The normalized spacial score (nSPS) is 11.8. The highest BCUT2D eigenvalue weighted by Crippen LogP contribution is 2.26. The second-order valence-electron chi connectivity index (χ2n) is 9.02. The Hall–Kier alpha value is -3.61. The molecule has 7 nitrogen and oxygen atoms in total. The molecule has 7 heteroatoms. The largest absolute Gasteiger partial charge is 0.444 e. The third kappa shape index (κ3) is 7.76. The maximum atomic E-state index is 13.6. The van der Waals surface area contributed by atoms with Gasteiger partial charge < -0.3 is 20.3 Å². The topological polar surface area (TPSA) is 87.7 Å². The molecule has 0 spiro atoms. The van der Waals surface area contributed by atoms with Gasteiger partial charge in [-0.3, -0.25) is 9.59 Å². The highest BCUT2D eigenvalue weighted by molar-refractivity contribution is 5.99. The summed E-state index contributed by atoms with van der Waals surface area (Å²) >= 11 is 0.